The zero-order valence-electron chi connectivity index (χ0n) is 14.7. The van der Waals surface area contributed by atoms with Gasteiger partial charge in [0.1, 0.15) is 0 Å². The molecule has 0 bridgehead atoms. The third kappa shape index (κ3) is 4.29. The summed E-state index contributed by atoms with van der Waals surface area (Å²) in [5.41, 5.74) is 0. The summed E-state index contributed by atoms with van der Waals surface area (Å²) in [6.07, 6.45) is 7.02. The van der Waals surface area contributed by atoms with Crippen molar-refractivity contribution < 1.29 is 9.53 Å². The molecular formula is C18H24N4O2S2. The maximum Gasteiger partial charge on any atom is 0.230 e. The largest absolute Gasteiger partial charge is 0.376 e. The second-order valence-electron chi connectivity index (χ2n) is 6.87. The van der Waals surface area contributed by atoms with Gasteiger partial charge in [-0.2, -0.15) is 0 Å². The summed E-state index contributed by atoms with van der Waals surface area (Å²) < 4.78 is 7.93. The van der Waals surface area contributed by atoms with Crippen molar-refractivity contribution in [2.75, 3.05) is 12.4 Å². The molecule has 4 rings (SSSR count). The number of amides is 1. The number of nitrogens with zero attached hydrogens (tertiary/aromatic N) is 3. The van der Waals surface area contributed by atoms with Gasteiger partial charge in [0, 0.05) is 12.6 Å². The van der Waals surface area contributed by atoms with Crippen LogP contribution in [-0.4, -0.2) is 45.2 Å². The minimum Gasteiger partial charge on any atom is -0.376 e. The Hall–Kier alpha value is -1.38. The second kappa shape index (κ2) is 8.54. The summed E-state index contributed by atoms with van der Waals surface area (Å²) in [5, 5.41) is 14.7. The molecule has 1 unspecified atom stereocenters. The highest BCUT2D eigenvalue weighted by atomic mass is 32.2. The van der Waals surface area contributed by atoms with Gasteiger partial charge in [0.2, 0.25) is 5.91 Å². The van der Waals surface area contributed by atoms with Crippen molar-refractivity contribution in [2.24, 2.45) is 0 Å². The summed E-state index contributed by atoms with van der Waals surface area (Å²) in [4.78, 5) is 13.3. The Kier molecular flexibility index (Phi) is 5.91. The molecule has 1 aliphatic carbocycles. The molecule has 0 aromatic carbocycles. The number of ether oxygens (including phenoxy) is 1. The summed E-state index contributed by atoms with van der Waals surface area (Å²) >= 11 is 3.12. The molecule has 1 atom stereocenters. The van der Waals surface area contributed by atoms with Gasteiger partial charge in [0.25, 0.3) is 0 Å². The van der Waals surface area contributed by atoms with E-state index < -0.39 is 0 Å². The van der Waals surface area contributed by atoms with Gasteiger partial charge >= 0.3 is 0 Å². The van der Waals surface area contributed by atoms with Crippen LogP contribution < -0.4 is 5.32 Å². The smallest absolute Gasteiger partial charge is 0.230 e. The average Bonchev–Trinajstić information content (AvgIpc) is 3.42. The highest BCUT2D eigenvalue weighted by molar-refractivity contribution is 7.99. The molecule has 26 heavy (non-hydrogen) atoms. The van der Waals surface area contributed by atoms with Crippen LogP contribution in [0.15, 0.2) is 22.7 Å². The first-order valence-electron chi connectivity index (χ1n) is 9.30. The Bertz CT molecular complexity index is 720. The van der Waals surface area contributed by atoms with E-state index in [1.807, 2.05) is 11.4 Å². The van der Waals surface area contributed by atoms with Crippen LogP contribution in [0.4, 0.5) is 0 Å². The van der Waals surface area contributed by atoms with E-state index in [0.29, 0.717) is 11.8 Å². The standard InChI is InChI=1S/C18H24N4O2S2/c23-16(19-13-5-1-2-6-13)12-26-18-21-20-17(15-8-4-10-25-15)22(18)11-14-7-3-9-24-14/h4,8,10,13-14H,1-3,5-7,9,11-12H2,(H,19,23). The van der Waals surface area contributed by atoms with Gasteiger partial charge < -0.3 is 10.1 Å². The van der Waals surface area contributed by atoms with Gasteiger partial charge in [-0.1, -0.05) is 30.7 Å². The number of nitrogens with one attached hydrogen (secondary N) is 1. The molecule has 2 aromatic heterocycles. The van der Waals surface area contributed by atoms with E-state index >= 15 is 0 Å². The van der Waals surface area contributed by atoms with E-state index in [2.05, 4.69) is 26.1 Å². The third-order valence-electron chi connectivity index (χ3n) is 4.92. The predicted octanol–water partition coefficient (Wildman–Crippen LogP) is 3.34. The van der Waals surface area contributed by atoms with Gasteiger partial charge in [-0.25, -0.2) is 0 Å². The monoisotopic (exact) mass is 392 g/mol. The van der Waals surface area contributed by atoms with Crippen LogP contribution >= 0.6 is 23.1 Å². The van der Waals surface area contributed by atoms with Crippen molar-refractivity contribution in [3.63, 3.8) is 0 Å². The number of thiophene rings is 1. The van der Waals surface area contributed by atoms with Crippen molar-refractivity contribution in [1.29, 1.82) is 0 Å². The highest BCUT2D eigenvalue weighted by Crippen LogP contribution is 2.29. The fraction of sp³-hybridized carbons (Fsp3) is 0.611. The van der Waals surface area contributed by atoms with E-state index in [1.54, 1.807) is 11.3 Å². The van der Waals surface area contributed by atoms with Crippen LogP contribution in [0, 0.1) is 0 Å². The average molecular weight is 393 g/mol. The molecule has 1 aliphatic heterocycles. The fourth-order valence-corrected chi connectivity index (χ4v) is 5.09. The molecule has 8 heteroatoms. The molecule has 6 nitrogen and oxygen atoms in total. The zero-order chi connectivity index (χ0) is 17.8. The first-order valence-corrected chi connectivity index (χ1v) is 11.2. The van der Waals surface area contributed by atoms with Crippen molar-refractivity contribution in [1.82, 2.24) is 20.1 Å². The normalized spacial score (nSPS) is 20.7. The topological polar surface area (TPSA) is 69.0 Å². The molecule has 2 aliphatic rings. The SMILES string of the molecule is O=C(CSc1nnc(-c2cccs2)n1CC1CCCO1)NC1CCCC1. The summed E-state index contributed by atoms with van der Waals surface area (Å²) in [5.74, 6) is 1.34. The van der Waals surface area contributed by atoms with Crippen molar-refractivity contribution >= 4 is 29.0 Å². The minimum atomic E-state index is 0.0891. The lowest BCUT2D eigenvalue weighted by molar-refractivity contribution is -0.119. The number of rotatable bonds is 7. The van der Waals surface area contributed by atoms with E-state index in [9.17, 15) is 4.79 Å². The van der Waals surface area contributed by atoms with Crippen molar-refractivity contribution in [3.8, 4) is 10.7 Å². The van der Waals surface area contributed by atoms with Crippen LogP contribution in [0.25, 0.3) is 10.7 Å². The quantitative estimate of drug-likeness (QED) is 0.732. The lowest BCUT2D eigenvalue weighted by atomic mass is 10.2. The Morgan fingerprint density at radius 2 is 2.19 bits per heavy atom. The Morgan fingerprint density at radius 3 is 2.92 bits per heavy atom. The maximum absolute atomic E-state index is 12.3. The van der Waals surface area contributed by atoms with Gasteiger partial charge in [-0.3, -0.25) is 9.36 Å². The molecule has 0 radical (unpaired) electrons. The van der Waals surface area contributed by atoms with Gasteiger partial charge in [-0.05, 0) is 37.1 Å². The van der Waals surface area contributed by atoms with Crippen LogP contribution in [0.3, 0.4) is 0 Å². The maximum atomic E-state index is 12.3. The third-order valence-corrected chi connectivity index (χ3v) is 6.75. The minimum absolute atomic E-state index is 0.0891. The van der Waals surface area contributed by atoms with Gasteiger partial charge in [0.15, 0.2) is 11.0 Å². The molecule has 3 heterocycles. The Morgan fingerprint density at radius 1 is 1.31 bits per heavy atom. The molecule has 1 amide bonds. The number of carbonyl (C=O) groups excluding carboxylic acids is 1. The molecule has 1 N–H and O–H groups in total. The summed E-state index contributed by atoms with van der Waals surface area (Å²) in [6.45, 7) is 1.57. The van der Waals surface area contributed by atoms with Crippen molar-refractivity contribution in [3.05, 3.63) is 17.5 Å². The Labute approximate surface area is 161 Å². The lowest BCUT2D eigenvalue weighted by Crippen LogP contribution is -2.33. The number of thioether (sulfide) groups is 1. The Balaban J connectivity index is 1.44. The number of carbonyl (C=O) groups is 1. The highest BCUT2D eigenvalue weighted by Gasteiger charge is 2.23. The van der Waals surface area contributed by atoms with Crippen LogP contribution in [0.5, 0.6) is 0 Å². The lowest BCUT2D eigenvalue weighted by Gasteiger charge is -2.15. The molecule has 1 saturated carbocycles. The van der Waals surface area contributed by atoms with E-state index in [0.717, 1.165) is 54.7 Å². The van der Waals surface area contributed by atoms with Gasteiger partial charge in [0.05, 0.1) is 23.3 Å². The number of aromatic nitrogens is 3. The molecule has 140 valence electrons. The van der Waals surface area contributed by atoms with Gasteiger partial charge in [-0.15, -0.1) is 21.5 Å². The van der Waals surface area contributed by atoms with E-state index in [-0.39, 0.29) is 12.0 Å². The summed E-state index contributed by atoms with van der Waals surface area (Å²) in [6, 6.07) is 4.43. The predicted molar refractivity (Wildman–Crippen MR) is 103 cm³/mol. The fourth-order valence-electron chi connectivity index (χ4n) is 3.61. The molecular weight excluding hydrogens is 368 g/mol. The summed E-state index contributed by atoms with van der Waals surface area (Å²) in [7, 11) is 0. The van der Waals surface area contributed by atoms with Crippen molar-refractivity contribution in [2.45, 2.75) is 62.4 Å². The molecule has 1 saturated heterocycles. The number of hydrogen-bond acceptors (Lipinski definition) is 6. The van der Waals surface area contributed by atoms with Crippen LogP contribution in [0.1, 0.15) is 38.5 Å². The molecule has 2 aromatic rings. The first-order chi connectivity index (χ1) is 12.8. The van der Waals surface area contributed by atoms with E-state index in [4.69, 9.17) is 4.74 Å². The zero-order valence-corrected chi connectivity index (χ0v) is 16.4. The first kappa shape index (κ1) is 18.0. The number of hydrogen-bond donors (Lipinski definition) is 1. The second-order valence-corrected chi connectivity index (χ2v) is 8.76. The van der Waals surface area contributed by atoms with Crippen LogP contribution in [0.2, 0.25) is 0 Å². The van der Waals surface area contributed by atoms with Crippen LogP contribution in [-0.2, 0) is 16.1 Å². The molecule has 0 spiro atoms. The molecule has 2 fully saturated rings. The van der Waals surface area contributed by atoms with E-state index in [1.165, 1.54) is 24.6 Å².